The number of aromatic nitrogens is 3. The number of rotatable bonds is 6. The molecular formula is C19H25N5O2. The molecule has 0 bridgehead atoms. The second-order valence-corrected chi connectivity index (χ2v) is 7.39. The highest BCUT2D eigenvalue weighted by molar-refractivity contribution is 5.77. The van der Waals surface area contributed by atoms with Gasteiger partial charge in [0.25, 0.3) is 5.56 Å². The normalized spacial score (nSPS) is 18.4. The molecule has 2 aromatic rings. The lowest BCUT2D eigenvalue weighted by Crippen LogP contribution is -2.45. The van der Waals surface area contributed by atoms with Crippen molar-refractivity contribution < 1.29 is 4.79 Å². The second-order valence-electron chi connectivity index (χ2n) is 7.39. The zero-order valence-corrected chi connectivity index (χ0v) is 14.9. The Bertz CT molecular complexity index is 837. The van der Waals surface area contributed by atoms with Gasteiger partial charge in [0, 0.05) is 25.6 Å². The van der Waals surface area contributed by atoms with Gasteiger partial charge in [-0.25, -0.2) is 4.68 Å². The molecule has 0 spiro atoms. The minimum Gasteiger partial charge on any atom is -0.343 e. The smallest absolute Gasteiger partial charge is 0.277 e. The monoisotopic (exact) mass is 355 g/mol. The molecule has 2 aliphatic rings. The lowest BCUT2D eigenvalue weighted by Gasteiger charge is -2.32. The van der Waals surface area contributed by atoms with Gasteiger partial charge < -0.3 is 10.2 Å². The number of nitrogens with one attached hydrogen (secondary N) is 1. The number of piperidine rings is 1. The Hall–Kier alpha value is -2.28. The number of benzene rings is 1. The van der Waals surface area contributed by atoms with E-state index >= 15 is 0 Å². The lowest BCUT2D eigenvalue weighted by molar-refractivity contribution is -0.132. The molecule has 7 heteroatoms. The highest BCUT2D eigenvalue weighted by Crippen LogP contribution is 2.28. The number of nitrogens with zero attached hydrogens (tertiary/aromatic N) is 4. The molecule has 1 N–H and O–H groups in total. The molecular weight excluding hydrogens is 330 g/mol. The molecule has 0 unspecified atom stereocenters. The fraction of sp³-hybridized carbons (Fsp3) is 0.579. The van der Waals surface area contributed by atoms with Crippen LogP contribution in [0.5, 0.6) is 0 Å². The van der Waals surface area contributed by atoms with Gasteiger partial charge in [-0.15, -0.1) is 5.10 Å². The molecule has 26 heavy (non-hydrogen) atoms. The number of hydrogen-bond donors (Lipinski definition) is 1. The number of likely N-dealkylation sites (tertiary alicyclic amines) is 1. The SMILES string of the molecule is O=C(CCn1nnc2ccccc2c1=O)N1CCC(NCC2CC2)CC1. The maximum Gasteiger partial charge on any atom is 0.277 e. The maximum absolute atomic E-state index is 12.5. The predicted molar refractivity (Wildman–Crippen MR) is 98.7 cm³/mol. The van der Waals surface area contributed by atoms with E-state index in [1.807, 2.05) is 17.0 Å². The minimum absolute atomic E-state index is 0.0903. The third kappa shape index (κ3) is 3.93. The molecule has 1 saturated carbocycles. The summed E-state index contributed by atoms with van der Waals surface area (Å²) in [5.41, 5.74) is 0.396. The Morgan fingerprint density at radius 2 is 1.92 bits per heavy atom. The van der Waals surface area contributed by atoms with E-state index in [9.17, 15) is 9.59 Å². The summed E-state index contributed by atoms with van der Waals surface area (Å²) in [5, 5.41) is 12.2. The van der Waals surface area contributed by atoms with E-state index in [4.69, 9.17) is 0 Å². The lowest BCUT2D eigenvalue weighted by atomic mass is 10.0. The maximum atomic E-state index is 12.5. The largest absolute Gasteiger partial charge is 0.343 e. The summed E-state index contributed by atoms with van der Waals surface area (Å²) in [6.45, 7) is 2.98. The van der Waals surface area contributed by atoms with Gasteiger partial charge in [-0.2, -0.15) is 0 Å². The van der Waals surface area contributed by atoms with E-state index < -0.39 is 0 Å². The summed E-state index contributed by atoms with van der Waals surface area (Å²) in [6, 6.07) is 7.68. The average Bonchev–Trinajstić information content (AvgIpc) is 3.51. The number of carbonyl (C=O) groups is 1. The van der Waals surface area contributed by atoms with Gasteiger partial charge in [-0.3, -0.25) is 9.59 Å². The fourth-order valence-corrected chi connectivity index (χ4v) is 3.52. The van der Waals surface area contributed by atoms with E-state index in [-0.39, 0.29) is 24.4 Å². The van der Waals surface area contributed by atoms with Crippen LogP contribution >= 0.6 is 0 Å². The zero-order chi connectivity index (χ0) is 17.9. The van der Waals surface area contributed by atoms with E-state index in [0.29, 0.717) is 16.9 Å². The van der Waals surface area contributed by atoms with Crippen molar-refractivity contribution >= 4 is 16.8 Å². The molecule has 138 valence electrons. The van der Waals surface area contributed by atoms with E-state index in [2.05, 4.69) is 15.6 Å². The summed E-state index contributed by atoms with van der Waals surface area (Å²) in [6.07, 6.45) is 5.03. The first-order chi connectivity index (χ1) is 12.7. The first kappa shape index (κ1) is 17.1. The Morgan fingerprint density at radius 1 is 1.15 bits per heavy atom. The second kappa shape index (κ2) is 7.53. The Labute approximate surface area is 152 Å². The molecule has 2 fully saturated rings. The van der Waals surface area contributed by atoms with Crippen molar-refractivity contribution in [2.24, 2.45) is 5.92 Å². The van der Waals surface area contributed by atoms with Gasteiger partial charge in [-0.05, 0) is 50.3 Å². The van der Waals surface area contributed by atoms with Crippen LogP contribution in [0.3, 0.4) is 0 Å². The van der Waals surface area contributed by atoms with Gasteiger partial charge in [0.05, 0.1) is 11.9 Å². The number of carbonyl (C=O) groups excluding carboxylic acids is 1. The van der Waals surface area contributed by atoms with Crippen LogP contribution in [0.4, 0.5) is 0 Å². The molecule has 4 rings (SSSR count). The Morgan fingerprint density at radius 3 is 2.69 bits per heavy atom. The Balaban J connectivity index is 1.29. The summed E-state index contributed by atoms with van der Waals surface area (Å²) in [7, 11) is 0. The molecule has 1 aromatic heterocycles. The van der Waals surface area contributed by atoms with Crippen LogP contribution in [0.2, 0.25) is 0 Å². The molecule has 1 aromatic carbocycles. The molecule has 1 saturated heterocycles. The van der Waals surface area contributed by atoms with Crippen molar-refractivity contribution in [3.05, 3.63) is 34.6 Å². The number of amides is 1. The first-order valence-corrected chi connectivity index (χ1v) is 9.54. The quantitative estimate of drug-likeness (QED) is 0.841. The van der Waals surface area contributed by atoms with Crippen LogP contribution in [-0.4, -0.2) is 51.5 Å². The van der Waals surface area contributed by atoms with Crippen LogP contribution < -0.4 is 10.9 Å². The van der Waals surface area contributed by atoms with Gasteiger partial charge in [0.15, 0.2) is 0 Å². The minimum atomic E-state index is -0.189. The number of aryl methyl sites for hydroxylation is 1. The van der Waals surface area contributed by atoms with Crippen LogP contribution in [0.15, 0.2) is 29.1 Å². The summed E-state index contributed by atoms with van der Waals surface area (Å²) in [5.74, 6) is 0.975. The van der Waals surface area contributed by atoms with Crippen molar-refractivity contribution in [3.8, 4) is 0 Å². The summed E-state index contributed by atoms with van der Waals surface area (Å²) < 4.78 is 1.30. The highest BCUT2D eigenvalue weighted by Gasteiger charge is 2.25. The highest BCUT2D eigenvalue weighted by atomic mass is 16.2. The molecule has 0 atom stereocenters. The van der Waals surface area contributed by atoms with E-state index in [0.717, 1.165) is 38.4 Å². The standard InChI is InChI=1S/C19H25N5O2/c25-18(23-10-7-15(8-11-23)20-13-14-5-6-14)9-12-24-19(26)16-3-1-2-4-17(16)21-22-24/h1-4,14-15,20H,5-13H2. The third-order valence-corrected chi connectivity index (χ3v) is 5.41. The topological polar surface area (TPSA) is 80.1 Å². The van der Waals surface area contributed by atoms with Crippen molar-refractivity contribution in [2.45, 2.75) is 44.7 Å². The van der Waals surface area contributed by atoms with Gasteiger partial charge in [0.1, 0.15) is 5.52 Å². The molecule has 2 heterocycles. The van der Waals surface area contributed by atoms with Gasteiger partial charge in [-0.1, -0.05) is 17.3 Å². The van der Waals surface area contributed by atoms with Gasteiger partial charge in [0.2, 0.25) is 5.91 Å². The van der Waals surface area contributed by atoms with E-state index in [1.54, 1.807) is 12.1 Å². The molecule has 7 nitrogen and oxygen atoms in total. The average molecular weight is 355 g/mol. The van der Waals surface area contributed by atoms with Crippen molar-refractivity contribution in [1.29, 1.82) is 0 Å². The van der Waals surface area contributed by atoms with E-state index in [1.165, 1.54) is 17.5 Å². The Kier molecular flexibility index (Phi) is 4.97. The molecule has 1 amide bonds. The van der Waals surface area contributed by atoms with Crippen molar-refractivity contribution in [3.63, 3.8) is 0 Å². The first-order valence-electron chi connectivity index (χ1n) is 9.54. The van der Waals surface area contributed by atoms with Gasteiger partial charge >= 0.3 is 0 Å². The van der Waals surface area contributed by atoms with Crippen LogP contribution in [-0.2, 0) is 11.3 Å². The zero-order valence-electron chi connectivity index (χ0n) is 14.9. The van der Waals surface area contributed by atoms with Crippen LogP contribution in [0.25, 0.3) is 10.9 Å². The number of hydrogen-bond acceptors (Lipinski definition) is 5. The molecule has 1 aliphatic heterocycles. The predicted octanol–water partition coefficient (Wildman–Crippen LogP) is 1.17. The van der Waals surface area contributed by atoms with Crippen LogP contribution in [0, 0.1) is 5.92 Å². The van der Waals surface area contributed by atoms with Crippen molar-refractivity contribution in [1.82, 2.24) is 25.2 Å². The third-order valence-electron chi connectivity index (χ3n) is 5.41. The van der Waals surface area contributed by atoms with Crippen molar-refractivity contribution in [2.75, 3.05) is 19.6 Å². The summed E-state index contributed by atoms with van der Waals surface area (Å²) in [4.78, 5) is 26.8. The van der Waals surface area contributed by atoms with Crippen LogP contribution in [0.1, 0.15) is 32.1 Å². The molecule has 0 radical (unpaired) electrons. The summed E-state index contributed by atoms with van der Waals surface area (Å²) >= 11 is 0. The fourth-order valence-electron chi connectivity index (χ4n) is 3.52. The number of fused-ring (bicyclic) bond motifs is 1. The molecule has 1 aliphatic carbocycles.